The summed E-state index contributed by atoms with van der Waals surface area (Å²) in [5.74, 6) is 0.585. The quantitative estimate of drug-likeness (QED) is 0.409. The van der Waals surface area contributed by atoms with Crippen molar-refractivity contribution >= 4 is 16.8 Å². The van der Waals surface area contributed by atoms with Crippen LogP contribution in [0, 0.1) is 6.92 Å². The predicted molar refractivity (Wildman–Crippen MR) is 137 cm³/mol. The van der Waals surface area contributed by atoms with Crippen LogP contribution in [-0.4, -0.2) is 36.5 Å². The van der Waals surface area contributed by atoms with Gasteiger partial charge in [0.15, 0.2) is 0 Å². The van der Waals surface area contributed by atoms with Crippen molar-refractivity contribution < 1.29 is 13.9 Å². The summed E-state index contributed by atoms with van der Waals surface area (Å²) >= 11 is 0. The second-order valence-corrected chi connectivity index (χ2v) is 9.15. The lowest BCUT2D eigenvalue weighted by atomic mass is 9.94. The van der Waals surface area contributed by atoms with Crippen LogP contribution in [0.2, 0.25) is 0 Å². The van der Waals surface area contributed by atoms with Crippen molar-refractivity contribution in [2.75, 3.05) is 20.7 Å². The topological polar surface area (TPSA) is 67.6 Å². The number of methoxy groups -OCH3 is 1. The highest BCUT2D eigenvalue weighted by Crippen LogP contribution is 2.49. The number of aromatic nitrogens is 1. The highest BCUT2D eigenvalue weighted by molar-refractivity contribution is 5.98. The number of amides is 1. The summed E-state index contributed by atoms with van der Waals surface area (Å²) in [6.45, 7) is 3.08. The van der Waals surface area contributed by atoms with Crippen LogP contribution in [0.25, 0.3) is 22.0 Å². The number of likely N-dealkylation sites (N-methyl/N-ethyl adjacent to an activating group) is 1. The van der Waals surface area contributed by atoms with E-state index in [9.17, 15) is 4.79 Å². The van der Waals surface area contributed by atoms with Crippen LogP contribution >= 0.6 is 0 Å². The first kappa shape index (κ1) is 22.7. The maximum absolute atomic E-state index is 13.2. The first-order valence-electron chi connectivity index (χ1n) is 11.7. The van der Waals surface area contributed by atoms with Gasteiger partial charge < -0.3 is 19.4 Å². The summed E-state index contributed by atoms with van der Waals surface area (Å²) in [6, 6.07) is 15.7. The van der Waals surface area contributed by atoms with Crippen molar-refractivity contribution in [3.05, 3.63) is 96.2 Å². The number of ether oxygens (including phenoxy) is 1. The minimum Gasteiger partial charge on any atom is -0.497 e. The Bertz CT molecular complexity index is 1390. The maximum Gasteiger partial charge on any atom is 0.252 e. The predicted octanol–water partition coefficient (Wildman–Crippen LogP) is 5.68. The van der Waals surface area contributed by atoms with E-state index >= 15 is 0 Å². The number of fused-ring (bicyclic) bond motifs is 1. The Labute approximate surface area is 205 Å². The normalized spacial score (nSPS) is 15.1. The SMILES string of the molecule is CN1C=CC1.COc1ccc(C)c(C(=O)NC2(c3cc(-c4ccoc4)cc4ncccc34)CC2)c1. The zero-order valence-electron chi connectivity index (χ0n) is 20.2. The van der Waals surface area contributed by atoms with E-state index in [2.05, 4.69) is 52.7 Å². The third-order valence-corrected chi connectivity index (χ3v) is 6.64. The molecule has 4 aromatic rings. The van der Waals surface area contributed by atoms with Gasteiger partial charge in [-0.25, -0.2) is 0 Å². The molecule has 1 aliphatic carbocycles. The number of hydrogen-bond donors (Lipinski definition) is 1. The number of carbonyl (C=O) groups excluding carboxylic acids is 1. The molecule has 0 unspecified atom stereocenters. The number of carbonyl (C=O) groups is 1. The molecule has 0 atom stereocenters. The Kier molecular flexibility index (Phi) is 6.03. The first-order chi connectivity index (χ1) is 17.0. The fourth-order valence-electron chi connectivity index (χ4n) is 4.33. The minimum absolute atomic E-state index is 0.0883. The molecular formula is C29H29N3O3. The average Bonchev–Trinajstić information content (AvgIpc) is 3.42. The van der Waals surface area contributed by atoms with Gasteiger partial charge in [-0.2, -0.15) is 0 Å². The number of nitrogens with zero attached hydrogens (tertiary/aromatic N) is 2. The lowest BCUT2D eigenvalue weighted by Gasteiger charge is -2.22. The maximum atomic E-state index is 13.2. The van der Waals surface area contributed by atoms with Crippen LogP contribution in [0.15, 0.2) is 83.9 Å². The molecule has 0 saturated heterocycles. The Morgan fingerprint density at radius 1 is 1.14 bits per heavy atom. The molecule has 178 valence electrons. The number of furan rings is 1. The molecule has 1 saturated carbocycles. The summed E-state index contributed by atoms with van der Waals surface area (Å²) in [5.41, 5.74) is 5.19. The Hall–Kier alpha value is -4.06. The average molecular weight is 468 g/mol. The highest BCUT2D eigenvalue weighted by atomic mass is 16.5. The van der Waals surface area contributed by atoms with Crippen molar-refractivity contribution in [1.82, 2.24) is 15.2 Å². The van der Waals surface area contributed by atoms with E-state index in [0.717, 1.165) is 52.5 Å². The second kappa shape index (κ2) is 9.29. The van der Waals surface area contributed by atoms with Gasteiger partial charge in [0.25, 0.3) is 5.91 Å². The van der Waals surface area contributed by atoms with Crippen LogP contribution in [0.4, 0.5) is 0 Å². The molecule has 0 spiro atoms. The summed E-state index contributed by atoms with van der Waals surface area (Å²) < 4.78 is 10.6. The molecule has 1 N–H and O–H groups in total. The fraction of sp³-hybridized carbons (Fsp3) is 0.241. The molecule has 0 radical (unpaired) electrons. The third kappa shape index (κ3) is 4.64. The van der Waals surface area contributed by atoms with Gasteiger partial charge in [-0.1, -0.05) is 12.1 Å². The van der Waals surface area contributed by atoms with E-state index in [-0.39, 0.29) is 5.91 Å². The monoisotopic (exact) mass is 467 g/mol. The molecule has 3 heterocycles. The zero-order chi connectivity index (χ0) is 24.4. The summed E-state index contributed by atoms with van der Waals surface area (Å²) in [5, 5.41) is 4.37. The van der Waals surface area contributed by atoms with E-state index < -0.39 is 5.54 Å². The van der Waals surface area contributed by atoms with Gasteiger partial charge in [-0.05, 0) is 85.1 Å². The van der Waals surface area contributed by atoms with Gasteiger partial charge in [-0.15, -0.1) is 0 Å². The number of aryl methyl sites for hydroxylation is 1. The summed E-state index contributed by atoms with van der Waals surface area (Å²) in [6.07, 6.45) is 11.1. The molecule has 6 rings (SSSR count). The number of benzene rings is 2. The van der Waals surface area contributed by atoms with Gasteiger partial charge in [0, 0.05) is 36.3 Å². The zero-order valence-corrected chi connectivity index (χ0v) is 20.2. The van der Waals surface area contributed by atoms with E-state index in [1.54, 1.807) is 31.9 Å². The van der Waals surface area contributed by atoms with Gasteiger partial charge in [-0.3, -0.25) is 9.78 Å². The molecule has 2 aromatic carbocycles. The molecule has 35 heavy (non-hydrogen) atoms. The molecular weight excluding hydrogens is 438 g/mol. The fourth-order valence-corrected chi connectivity index (χ4v) is 4.33. The van der Waals surface area contributed by atoms with Crippen molar-refractivity contribution in [2.45, 2.75) is 25.3 Å². The lowest BCUT2D eigenvalue weighted by Crippen LogP contribution is -2.35. The van der Waals surface area contributed by atoms with Crippen LogP contribution in [0.5, 0.6) is 5.75 Å². The van der Waals surface area contributed by atoms with Gasteiger partial charge >= 0.3 is 0 Å². The molecule has 6 heteroatoms. The largest absolute Gasteiger partial charge is 0.497 e. The summed E-state index contributed by atoms with van der Waals surface area (Å²) in [4.78, 5) is 19.9. The van der Waals surface area contributed by atoms with E-state index in [4.69, 9.17) is 9.15 Å². The molecule has 6 nitrogen and oxygen atoms in total. The third-order valence-electron chi connectivity index (χ3n) is 6.64. The van der Waals surface area contributed by atoms with Crippen LogP contribution in [0.1, 0.15) is 34.3 Å². The second-order valence-electron chi connectivity index (χ2n) is 9.15. The molecule has 0 bridgehead atoms. The lowest BCUT2D eigenvalue weighted by molar-refractivity contribution is 0.0930. The molecule has 2 aromatic heterocycles. The molecule has 1 fully saturated rings. The molecule has 1 aliphatic heterocycles. The van der Waals surface area contributed by atoms with E-state index in [1.165, 1.54) is 0 Å². The smallest absolute Gasteiger partial charge is 0.252 e. The Morgan fingerprint density at radius 3 is 2.57 bits per heavy atom. The number of hydrogen-bond acceptors (Lipinski definition) is 5. The molecule has 1 amide bonds. The van der Waals surface area contributed by atoms with Crippen molar-refractivity contribution in [1.29, 1.82) is 0 Å². The summed E-state index contributed by atoms with van der Waals surface area (Å²) in [7, 11) is 3.66. The van der Waals surface area contributed by atoms with Crippen molar-refractivity contribution in [2.24, 2.45) is 0 Å². The van der Waals surface area contributed by atoms with Gasteiger partial charge in [0.1, 0.15) is 5.75 Å². The van der Waals surface area contributed by atoms with Gasteiger partial charge in [0.2, 0.25) is 0 Å². The minimum atomic E-state index is -0.395. The van der Waals surface area contributed by atoms with Gasteiger partial charge in [0.05, 0.1) is 30.7 Å². The van der Waals surface area contributed by atoms with Crippen molar-refractivity contribution in [3.8, 4) is 16.9 Å². The Balaban J connectivity index is 0.000000453. The number of nitrogens with one attached hydrogen (secondary N) is 1. The number of rotatable bonds is 5. The number of pyridine rings is 1. The first-order valence-corrected chi connectivity index (χ1v) is 11.7. The van der Waals surface area contributed by atoms with Crippen molar-refractivity contribution in [3.63, 3.8) is 0 Å². The van der Waals surface area contributed by atoms with E-state index in [0.29, 0.717) is 11.3 Å². The van der Waals surface area contributed by atoms with Crippen LogP contribution < -0.4 is 10.1 Å². The molecule has 2 aliphatic rings. The highest BCUT2D eigenvalue weighted by Gasteiger charge is 2.47. The van der Waals surface area contributed by atoms with Crippen LogP contribution in [-0.2, 0) is 5.54 Å². The van der Waals surface area contributed by atoms with E-state index in [1.807, 2.05) is 31.2 Å². The standard InChI is InChI=1S/C25H22N2O3.C4H7N/c1-16-5-6-19(29-2)14-21(16)24(28)27-25(8-9-25)22-12-18(17-7-11-30-15-17)13-23-20(22)4-3-10-26-23;1-5-3-2-4-5/h3-7,10-15H,8-9H2,1-2H3,(H,27,28);2-3H,4H2,1H3. The Morgan fingerprint density at radius 2 is 1.94 bits per heavy atom. The van der Waals surface area contributed by atoms with Crippen LogP contribution in [0.3, 0.4) is 0 Å².